The number of methoxy groups -OCH3 is 1. The molecule has 7 heteroatoms. The lowest BCUT2D eigenvalue weighted by atomic mass is 10.2. The zero-order valence-corrected chi connectivity index (χ0v) is 15.5. The Morgan fingerprint density at radius 1 is 1.46 bits per heavy atom. The fourth-order valence-corrected chi connectivity index (χ4v) is 3.00. The maximum atomic E-state index is 11.9. The summed E-state index contributed by atoms with van der Waals surface area (Å²) in [5, 5.41) is 3.36. The van der Waals surface area contributed by atoms with Gasteiger partial charge in [-0.1, -0.05) is 0 Å². The molecule has 0 radical (unpaired) electrons. The van der Waals surface area contributed by atoms with E-state index in [1.54, 1.807) is 7.11 Å². The molecular weight excluding hydrogens is 324 g/mol. The van der Waals surface area contributed by atoms with E-state index in [4.69, 9.17) is 17.0 Å². The third-order valence-corrected chi connectivity index (χ3v) is 4.16. The Morgan fingerprint density at radius 3 is 2.79 bits per heavy atom. The van der Waals surface area contributed by atoms with Crippen molar-refractivity contribution in [2.24, 2.45) is 0 Å². The SMILES string of the molecule is COC[C@H](C)NC(=S)NNC(=O)/C=C/c1cc(C)n(C2CC2)c1C. The topological polar surface area (TPSA) is 67.3 Å². The Labute approximate surface area is 148 Å². The van der Waals surface area contributed by atoms with Crippen LogP contribution in [-0.2, 0) is 9.53 Å². The van der Waals surface area contributed by atoms with Crippen molar-refractivity contribution in [1.29, 1.82) is 0 Å². The molecule has 0 spiro atoms. The van der Waals surface area contributed by atoms with Gasteiger partial charge in [-0.3, -0.25) is 15.6 Å². The summed E-state index contributed by atoms with van der Waals surface area (Å²) in [6.07, 6.45) is 5.83. The normalized spacial score (nSPS) is 15.3. The highest BCUT2D eigenvalue weighted by Crippen LogP contribution is 2.38. The van der Waals surface area contributed by atoms with Gasteiger partial charge < -0.3 is 14.6 Å². The van der Waals surface area contributed by atoms with E-state index in [0.717, 1.165) is 5.56 Å². The highest BCUT2D eigenvalue weighted by Gasteiger charge is 2.26. The summed E-state index contributed by atoms with van der Waals surface area (Å²) in [6, 6.07) is 2.82. The van der Waals surface area contributed by atoms with Crippen molar-refractivity contribution >= 4 is 29.3 Å². The number of thiocarbonyl (C=S) groups is 1. The van der Waals surface area contributed by atoms with Gasteiger partial charge in [0, 0.05) is 36.7 Å². The third-order valence-electron chi connectivity index (χ3n) is 3.94. The molecule has 2 rings (SSSR count). The molecule has 0 bridgehead atoms. The van der Waals surface area contributed by atoms with Crippen LogP contribution in [0.2, 0.25) is 0 Å². The van der Waals surface area contributed by atoms with Crippen LogP contribution in [0, 0.1) is 13.8 Å². The molecule has 24 heavy (non-hydrogen) atoms. The third kappa shape index (κ3) is 5.07. The molecular formula is C17H26N4O2S. The zero-order chi connectivity index (χ0) is 17.7. The number of carbonyl (C=O) groups is 1. The van der Waals surface area contributed by atoms with Gasteiger partial charge in [-0.2, -0.15) is 0 Å². The van der Waals surface area contributed by atoms with Crippen molar-refractivity contribution in [1.82, 2.24) is 20.7 Å². The number of carbonyl (C=O) groups excluding carboxylic acids is 1. The number of nitrogens with zero attached hydrogens (tertiary/aromatic N) is 1. The van der Waals surface area contributed by atoms with Crippen LogP contribution >= 0.6 is 12.2 Å². The Hall–Kier alpha value is -1.86. The molecule has 1 aliphatic carbocycles. The van der Waals surface area contributed by atoms with Gasteiger partial charge in [0.05, 0.1) is 6.61 Å². The molecule has 6 nitrogen and oxygen atoms in total. The van der Waals surface area contributed by atoms with Crippen LogP contribution < -0.4 is 16.2 Å². The number of hydrazine groups is 1. The lowest BCUT2D eigenvalue weighted by Crippen LogP contribution is -2.49. The summed E-state index contributed by atoms with van der Waals surface area (Å²) < 4.78 is 7.36. The molecule has 1 fully saturated rings. The summed E-state index contributed by atoms with van der Waals surface area (Å²) in [7, 11) is 1.63. The van der Waals surface area contributed by atoms with Gasteiger partial charge >= 0.3 is 0 Å². The van der Waals surface area contributed by atoms with Crippen molar-refractivity contribution in [3.63, 3.8) is 0 Å². The maximum absolute atomic E-state index is 11.9. The zero-order valence-electron chi connectivity index (χ0n) is 14.7. The number of nitrogens with one attached hydrogen (secondary N) is 3. The van der Waals surface area contributed by atoms with E-state index in [1.807, 2.05) is 13.0 Å². The number of ether oxygens (including phenoxy) is 1. The minimum Gasteiger partial charge on any atom is -0.383 e. The smallest absolute Gasteiger partial charge is 0.262 e. The molecule has 1 saturated carbocycles. The predicted molar refractivity (Wildman–Crippen MR) is 99.6 cm³/mol. The van der Waals surface area contributed by atoms with Gasteiger partial charge in [0.25, 0.3) is 5.91 Å². The highest BCUT2D eigenvalue weighted by molar-refractivity contribution is 7.80. The van der Waals surface area contributed by atoms with Crippen LogP contribution in [0.1, 0.15) is 42.8 Å². The maximum Gasteiger partial charge on any atom is 0.262 e. The number of rotatable bonds is 6. The van der Waals surface area contributed by atoms with E-state index in [-0.39, 0.29) is 11.9 Å². The lowest BCUT2D eigenvalue weighted by Gasteiger charge is -2.15. The molecule has 132 valence electrons. The average molecular weight is 350 g/mol. The van der Waals surface area contributed by atoms with Crippen molar-refractivity contribution in [2.75, 3.05) is 13.7 Å². The summed E-state index contributed by atoms with van der Waals surface area (Å²) in [4.78, 5) is 11.9. The van der Waals surface area contributed by atoms with E-state index in [9.17, 15) is 4.79 Å². The van der Waals surface area contributed by atoms with Crippen molar-refractivity contribution < 1.29 is 9.53 Å². The average Bonchev–Trinajstić information content (AvgIpc) is 3.30. The van der Waals surface area contributed by atoms with Crippen LogP contribution in [0.25, 0.3) is 6.08 Å². The van der Waals surface area contributed by atoms with E-state index >= 15 is 0 Å². The summed E-state index contributed by atoms with van der Waals surface area (Å²) >= 11 is 5.10. The Bertz CT molecular complexity index is 635. The van der Waals surface area contributed by atoms with Crippen LogP contribution in [-0.4, -0.2) is 35.3 Å². The molecule has 1 amide bonds. The Kier molecular flexibility index (Phi) is 6.39. The summed E-state index contributed by atoms with van der Waals surface area (Å²) in [5.41, 5.74) is 8.75. The molecule has 1 atom stereocenters. The first kappa shape index (κ1) is 18.5. The predicted octanol–water partition coefficient (Wildman–Crippen LogP) is 1.98. The van der Waals surface area contributed by atoms with Gasteiger partial charge in [0.2, 0.25) is 0 Å². The fraction of sp³-hybridized carbons (Fsp3) is 0.529. The van der Waals surface area contributed by atoms with Crippen LogP contribution in [0.5, 0.6) is 0 Å². The molecule has 0 saturated heterocycles. The minimum atomic E-state index is -0.255. The van der Waals surface area contributed by atoms with E-state index in [0.29, 0.717) is 17.8 Å². The molecule has 0 aliphatic heterocycles. The first-order valence-electron chi connectivity index (χ1n) is 8.14. The number of aryl methyl sites for hydroxylation is 1. The first-order chi connectivity index (χ1) is 11.4. The number of aromatic nitrogens is 1. The highest BCUT2D eigenvalue weighted by atomic mass is 32.1. The van der Waals surface area contributed by atoms with Gasteiger partial charge in [-0.15, -0.1) is 0 Å². The number of hydrogen-bond acceptors (Lipinski definition) is 3. The molecule has 1 aromatic rings. The van der Waals surface area contributed by atoms with Crippen LogP contribution in [0.15, 0.2) is 12.1 Å². The second kappa shape index (κ2) is 8.30. The van der Waals surface area contributed by atoms with Crippen molar-refractivity contribution in [2.45, 2.75) is 45.7 Å². The second-order valence-electron chi connectivity index (χ2n) is 6.21. The number of amides is 1. The molecule has 0 unspecified atom stereocenters. The first-order valence-corrected chi connectivity index (χ1v) is 8.55. The molecule has 0 aromatic carbocycles. The monoisotopic (exact) mass is 350 g/mol. The van der Waals surface area contributed by atoms with Crippen LogP contribution in [0.3, 0.4) is 0 Å². The van der Waals surface area contributed by atoms with E-state index in [1.165, 1.54) is 30.3 Å². The summed E-state index contributed by atoms with van der Waals surface area (Å²) in [5.74, 6) is -0.255. The second-order valence-corrected chi connectivity index (χ2v) is 6.61. The standard InChI is InChI=1S/C17H26N4O2S/c1-11(10-23-4)18-17(24)20-19-16(22)8-5-14-9-12(2)21(13(14)3)15-6-7-15/h5,8-9,11,15H,6-7,10H2,1-4H3,(H,19,22)(H2,18,20,24)/b8-5+/t11-/m0/s1. The quantitative estimate of drug-likeness (QED) is 0.416. The summed E-state index contributed by atoms with van der Waals surface area (Å²) in [6.45, 7) is 6.67. The van der Waals surface area contributed by atoms with Gasteiger partial charge in [0.1, 0.15) is 0 Å². The van der Waals surface area contributed by atoms with Gasteiger partial charge in [-0.05, 0) is 63.5 Å². The largest absolute Gasteiger partial charge is 0.383 e. The number of hydrogen-bond donors (Lipinski definition) is 3. The fourth-order valence-electron chi connectivity index (χ4n) is 2.74. The minimum absolute atomic E-state index is 0.0651. The lowest BCUT2D eigenvalue weighted by molar-refractivity contribution is -0.116. The van der Waals surface area contributed by atoms with Gasteiger partial charge in [-0.25, -0.2) is 0 Å². The molecule has 1 aromatic heterocycles. The van der Waals surface area contributed by atoms with Crippen molar-refractivity contribution in [3.8, 4) is 0 Å². The van der Waals surface area contributed by atoms with E-state index < -0.39 is 0 Å². The van der Waals surface area contributed by atoms with Crippen molar-refractivity contribution in [3.05, 3.63) is 29.1 Å². The van der Waals surface area contributed by atoms with Crippen LogP contribution in [0.4, 0.5) is 0 Å². The molecule has 1 heterocycles. The Morgan fingerprint density at radius 2 is 2.17 bits per heavy atom. The van der Waals surface area contributed by atoms with Gasteiger partial charge in [0.15, 0.2) is 5.11 Å². The molecule has 1 aliphatic rings. The molecule has 3 N–H and O–H groups in total. The Balaban J connectivity index is 1.83. The van der Waals surface area contributed by atoms with E-state index in [2.05, 4.69) is 40.6 Å².